The van der Waals surface area contributed by atoms with Crippen LogP contribution in [0.3, 0.4) is 0 Å². The summed E-state index contributed by atoms with van der Waals surface area (Å²) in [5, 5.41) is 0. The van der Waals surface area contributed by atoms with E-state index in [1.165, 1.54) is 5.56 Å². The molecule has 1 aromatic rings. The van der Waals surface area contributed by atoms with Crippen LogP contribution in [-0.4, -0.2) is 0 Å². The first-order valence-electron chi connectivity index (χ1n) is 3.11. The van der Waals surface area contributed by atoms with Gasteiger partial charge < -0.3 is 0 Å². The molecule has 0 atom stereocenters. The first kappa shape index (κ1) is 8.83. The molecule has 0 unspecified atom stereocenters. The average Bonchev–Trinajstić information content (AvgIpc) is 1.85. The van der Waals surface area contributed by atoms with E-state index in [1.54, 1.807) is 0 Å². The van der Waals surface area contributed by atoms with Gasteiger partial charge in [-0.15, -0.1) is 0 Å². The molecule has 0 nitrogen and oxygen atoms in total. The summed E-state index contributed by atoms with van der Waals surface area (Å²) in [6, 6.07) is 6.08. The van der Waals surface area contributed by atoms with Crippen LogP contribution >= 0.6 is 31.9 Å². The van der Waals surface area contributed by atoms with Crippen molar-refractivity contribution >= 4 is 31.9 Å². The molecule has 0 amide bonds. The highest BCUT2D eigenvalue weighted by atomic mass is 79.9. The summed E-state index contributed by atoms with van der Waals surface area (Å²) in [7, 11) is 0. The van der Waals surface area contributed by atoms with Crippen molar-refractivity contribution in [2.75, 3.05) is 0 Å². The lowest BCUT2D eigenvalue weighted by molar-refractivity contribution is 1.43. The second-order valence-corrected chi connectivity index (χ2v) is 3.55. The number of halogens is 2. The second kappa shape index (κ2) is 3.94. The van der Waals surface area contributed by atoms with Gasteiger partial charge in [0.2, 0.25) is 0 Å². The van der Waals surface area contributed by atoms with E-state index in [0.29, 0.717) is 0 Å². The van der Waals surface area contributed by atoms with Gasteiger partial charge in [-0.1, -0.05) is 21.9 Å². The molecule has 0 aliphatic rings. The SMILES string of the molecule is Cc1cc(Br)cc(C#CBr)c1. The molecule has 0 aliphatic carbocycles. The van der Waals surface area contributed by atoms with E-state index in [9.17, 15) is 0 Å². The first-order valence-corrected chi connectivity index (χ1v) is 4.70. The Morgan fingerprint density at radius 2 is 2.00 bits per heavy atom. The molecule has 0 aromatic heterocycles. The fourth-order valence-corrected chi connectivity index (χ4v) is 1.70. The summed E-state index contributed by atoms with van der Waals surface area (Å²) in [5.74, 6) is 2.93. The normalized spacial score (nSPS) is 8.64. The molecule has 0 aliphatic heterocycles. The Bertz CT molecular complexity index is 298. The molecule has 0 saturated carbocycles. The highest BCUT2D eigenvalue weighted by Gasteiger charge is 1.91. The zero-order valence-electron chi connectivity index (χ0n) is 5.99. The lowest BCUT2D eigenvalue weighted by Crippen LogP contribution is -1.77. The lowest BCUT2D eigenvalue weighted by Gasteiger charge is -1.95. The van der Waals surface area contributed by atoms with Gasteiger partial charge in [-0.3, -0.25) is 0 Å². The van der Waals surface area contributed by atoms with Crippen molar-refractivity contribution < 1.29 is 0 Å². The lowest BCUT2D eigenvalue weighted by atomic mass is 10.1. The summed E-state index contributed by atoms with van der Waals surface area (Å²) < 4.78 is 1.07. The van der Waals surface area contributed by atoms with Crippen LogP contribution in [-0.2, 0) is 0 Å². The summed E-state index contributed by atoms with van der Waals surface area (Å²) in [4.78, 5) is 2.68. The van der Waals surface area contributed by atoms with Gasteiger partial charge in [0, 0.05) is 26.0 Å². The van der Waals surface area contributed by atoms with Gasteiger partial charge in [-0.05, 0) is 35.5 Å². The fourth-order valence-electron chi connectivity index (χ4n) is 0.863. The Morgan fingerprint density at radius 3 is 2.55 bits per heavy atom. The number of benzene rings is 1. The zero-order valence-corrected chi connectivity index (χ0v) is 9.16. The van der Waals surface area contributed by atoms with Crippen molar-refractivity contribution in [3.8, 4) is 10.8 Å². The smallest absolute Gasteiger partial charge is 0.0268 e. The standard InChI is InChI=1S/C9H6Br2/c1-7-4-8(2-3-10)6-9(11)5-7/h4-6H,1H3. The van der Waals surface area contributed by atoms with E-state index in [1.807, 2.05) is 19.1 Å². The van der Waals surface area contributed by atoms with Crippen molar-refractivity contribution in [3.63, 3.8) is 0 Å². The van der Waals surface area contributed by atoms with Crippen LogP contribution in [0.5, 0.6) is 0 Å². The molecule has 0 fully saturated rings. The molecule has 2 heteroatoms. The van der Waals surface area contributed by atoms with Crippen molar-refractivity contribution in [1.29, 1.82) is 0 Å². The highest BCUT2D eigenvalue weighted by molar-refractivity contribution is 9.12. The van der Waals surface area contributed by atoms with Crippen LogP contribution in [0, 0.1) is 17.7 Å². The van der Waals surface area contributed by atoms with Crippen molar-refractivity contribution in [3.05, 3.63) is 33.8 Å². The Kier molecular flexibility index (Phi) is 3.16. The quantitative estimate of drug-likeness (QED) is 0.635. The third kappa shape index (κ3) is 2.69. The maximum atomic E-state index is 3.40. The van der Waals surface area contributed by atoms with Crippen molar-refractivity contribution in [2.45, 2.75) is 6.92 Å². The monoisotopic (exact) mass is 272 g/mol. The summed E-state index contributed by atoms with van der Waals surface area (Å²) in [6.07, 6.45) is 0. The largest absolute Gasteiger partial charge is 0.0545 e. The minimum atomic E-state index is 1.02. The molecular weight excluding hydrogens is 268 g/mol. The van der Waals surface area contributed by atoms with Crippen LogP contribution in [0.15, 0.2) is 22.7 Å². The van der Waals surface area contributed by atoms with Gasteiger partial charge in [-0.2, -0.15) is 0 Å². The number of hydrogen-bond donors (Lipinski definition) is 0. The minimum absolute atomic E-state index is 1.02. The van der Waals surface area contributed by atoms with Crippen LogP contribution in [0.2, 0.25) is 0 Å². The summed E-state index contributed by atoms with van der Waals surface area (Å²) in [6.45, 7) is 2.05. The number of rotatable bonds is 0. The third-order valence-corrected chi connectivity index (χ3v) is 1.89. The van der Waals surface area contributed by atoms with E-state index >= 15 is 0 Å². The maximum absolute atomic E-state index is 3.40. The van der Waals surface area contributed by atoms with E-state index in [0.717, 1.165) is 10.0 Å². The molecule has 11 heavy (non-hydrogen) atoms. The predicted octanol–water partition coefficient (Wildman–Crippen LogP) is 3.46. The Morgan fingerprint density at radius 1 is 1.27 bits per heavy atom. The van der Waals surface area contributed by atoms with Gasteiger partial charge in [0.25, 0.3) is 0 Å². The number of aryl methyl sites for hydroxylation is 1. The molecule has 1 aromatic carbocycles. The topological polar surface area (TPSA) is 0 Å². The molecule has 56 valence electrons. The Balaban J connectivity index is 3.15. The molecule has 0 spiro atoms. The van der Waals surface area contributed by atoms with Crippen molar-refractivity contribution in [1.82, 2.24) is 0 Å². The predicted molar refractivity (Wildman–Crippen MR) is 54.7 cm³/mol. The molecule has 0 radical (unpaired) electrons. The van der Waals surface area contributed by atoms with E-state index in [-0.39, 0.29) is 0 Å². The minimum Gasteiger partial charge on any atom is -0.0545 e. The van der Waals surface area contributed by atoms with E-state index < -0.39 is 0 Å². The zero-order chi connectivity index (χ0) is 8.27. The first-order chi connectivity index (χ1) is 5.22. The van der Waals surface area contributed by atoms with E-state index in [4.69, 9.17) is 0 Å². The Labute approximate surface area is 83.3 Å². The van der Waals surface area contributed by atoms with Crippen LogP contribution < -0.4 is 0 Å². The molecule has 0 N–H and O–H groups in total. The van der Waals surface area contributed by atoms with Crippen LogP contribution in [0.4, 0.5) is 0 Å². The molecule has 1 rings (SSSR count). The molecule has 0 bridgehead atoms. The highest BCUT2D eigenvalue weighted by Crippen LogP contribution is 2.14. The fraction of sp³-hybridized carbons (Fsp3) is 0.111. The third-order valence-electron chi connectivity index (χ3n) is 1.23. The molecule has 0 heterocycles. The average molecular weight is 274 g/mol. The number of hydrogen-bond acceptors (Lipinski definition) is 0. The van der Waals surface area contributed by atoms with Gasteiger partial charge in [0.15, 0.2) is 0 Å². The summed E-state index contributed by atoms with van der Waals surface area (Å²) >= 11 is 6.46. The van der Waals surface area contributed by atoms with Gasteiger partial charge in [0.05, 0.1) is 0 Å². The molecular formula is C9H6Br2. The second-order valence-electron chi connectivity index (χ2n) is 2.24. The maximum Gasteiger partial charge on any atom is 0.0268 e. The molecule has 0 saturated heterocycles. The van der Waals surface area contributed by atoms with Crippen LogP contribution in [0.25, 0.3) is 0 Å². The van der Waals surface area contributed by atoms with Gasteiger partial charge in [-0.25, -0.2) is 0 Å². The Hall–Kier alpha value is -0.260. The van der Waals surface area contributed by atoms with Crippen molar-refractivity contribution in [2.24, 2.45) is 0 Å². The van der Waals surface area contributed by atoms with Gasteiger partial charge >= 0.3 is 0 Å². The summed E-state index contributed by atoms with van der Waals surface area (Å²) in [5.41, 5.74) is 2.23. The van der Waals surface area contributed by atoms with Gasteiger partial charge in [0.1, 0.15) is 0 Å². The van der Waals surface area contributed by atoms with Crippen LogP contribution in [0.1, 0.15) is 11.1 Å². The van der Waals surface area contributed by atoms with E-state index in [2.05, 4.69) is 48.7 Å².